The Balaban J connectivity index is 1.20. The number of aromatic nitrogens is 4. The number of pyridine rings is 1. The van der Waals surface area contributed by atoms with Gasteiger partial charge in [0, 0.05) is 29.1 Å². The molecule has 294 valence electrons. The van der Waals surface area contributed by atoms with Gasteiger partial charge in [0.05, 0.1) is 0 Å². The summed E-state index contributed by atoms with van der Waals surface area (Å²) in [6.07, 6.45) is 3.58. The van der Waals surface area contributed by atoms with E-state index in [-0.39, 0.29) is 0 Å². The second-order valence-electron chi connectivity index (χ2n) is 15.4. The quantitative estimate of drug-likeness (QED) is 0.104. The van der Waals surface area contributed by atoms with Gasteiger partial charge < -0.3 is 0 Å². The van der Waals surface area contributed by atoms with E-state index in [1.165, 1.54) is 41.5 Å². The Kier molecular flexibility index (Phi) is 10.7. The van der Waals surface area contributed by atoms with Crippen LogP contribution in [-0.2, 0) is 0 Å². The lowest BCUT2D eigenvalue weighted by Crippen LogP contribution is -2.74. The first-order chi connectivity index (χ1) is 30.7. The average Bonchev–Trinajstić information content (AvgIpc) is 3.37. The summed E-state index contributed by atoms with van der Waals surface area (Å²) in [5.41, 5.74) is 2.73. The highest BCUT2D eigenvalue weighted by Gasteiger charge is 2.43. The van der Waals surface area contributed by atoms with Crippen molar-refractivity contribution in [2.24, 2.45) is 0 Å². The first-order valence-electron chi connectivity index (χ1n) is 21.0. The third-order valence-corrected chi connectivity index (χ3v) is 21.5. The molecule has 0 aliphatic carbocycles. The lowest BCUT2D eigenvalue weighted by Gasteiger charge is -2.34. The topological polar surface area (TPSA) is 51.6 Å². The van der Waals surface area contributed by atoms with Gasteiger partial charge in [0.2, 0.25) is 0 Å². The molecule has 0 aliphatic rings. The van der Waals surface area contributed by atoms with Crippen LogP contribution in [0.1, 0.15) is 0 Å². The van der Waals surface area contributed by atoms with E-state index in [0.29, 0.717) is 17.5 Å². The maximum absolute atomic E-state index is 5.38. The number of hydrogen-bond acceptors (Lipinski definition) is 4. The van der Waals surface area contributed by atoms with Crippen LogP contribution in [0.4, 0.5) is 0 Å². The van der Waals surface area contributed by atoms with Crippen molar-refractivity contribution in [3.63, 3.8) is 0 Å². The van der Waals surface area contributed by atoms with Crippen molar-refractivity contribution < 1.29 is 0 Å². The van der Waals surface area contributed by atoms with E-state index in [9.17, 15) is 0 Å². The fourth-order valence-corrected chi connectivity index (χ4v) is 18.8. The highest BCUT2D eigenvalue weighted by Crippen LogP contribution is 2.25. The first-order valence-corrected chi connectivity index (χ1v) is 25.0. The van der Waals surface area contributed by atoms with Crippen LogP contribution in [0.25, 0.3) is 34.2 Å². The molecule has 8 aromatic carbocycles. The summed E-state index contributed by atoms with van der Waals surface area (Å²) in [4.78, 5) is 20.2. The molecular formula is C56H42N4Si2. The minimum atomic E-state index is -2.82. The standard InChI is InChI=1S/C56H42N4Si2/c1-7-23-46(24-8-1)61(47-25-9-2-10-26-47,48-27-11-3-12-28-48)52-35-19-21-44(41-52)55-58-54(43-37-39-57-40-38-43)59-56(60-55)45-22-20-36-53(42-45)62(49-29-13-4-14-30-49,50-31-15-5-16-32-50)51-33-17-6-18-34-51/h1-42H. The lowest BCUT2D eigenvalue weighted by atomic mass is 10.1. The van der Waals surface area contributed by atoms with Crippen LogP contribution in [0, 0.1) is 0 Å². The molecule has 10 rings (SSSR count). The van der Waals surface area contributed by atoms with Gasteiger partial charge in [-0.2, -0.15) is 0 Å². The van der Waals surface area contributed by atoms with E-state index in [1.807, 2.05) is 12.1 Å². The van der Waals surface area contributed by atoms with E-state index in [2.05, 4.69) is 236 Å². The zero-order valence-electron chi connectivity index (χ0n) is 34.0. The first kappa shape index (κ1) is 38.5. The van der Waals surface area contributed by atoms with Gasteiger partial charge >= 0.3 is 0 Å². The van der Waals surface area contributed by atoms with Crippen molar-refractivity contribution in [3.8, 4) is 34.2 Å². The Morgan fingerprint density at radius 3 is 0.774 bits per heavy atom. The maximum Gasteiger partial charge on any atom is 0.179 e. The van der Waals surface area contributed by atoms with Crippen molar-refractivity contribution in [1.29, 1.82) is 0 Å². The molecule has 10 aromatic rings. The molecule has 6 heteroatoms. The normalized spacial score (nSPS) is 11.5. The van der Waals surface area contributed by atoms with Gasteiger partial charge in [-0.25, -0.2) is 15.0 Å². The molecule has 0 unspecified atom stereocenters. The SMILES string of the molecule is c1ccc([Si](c2ccccc2)(c2ccccc2)c2cccc(-c3nc(-c4ccncc4)nc(-c4cccc([Si](c5ccccc5)(c5ccccc5)c5ccccc5)c4)n3)c2)cc1. The smallest absolute Gasteiger partial charge is 0.179 e. The van der Waals surface area contributed by atoms with Crippen molar-refractivity contribution in [2.75, 3.05) is 0 Å². The molecule has 0 radical (unpaired) electrons. The lowest BCUT2D eigenvalue weighted by molar-refractivity contribution is 1.07. The van der Waals surface area contributed by atoms with Crippen molar-refractivity contribution in [2.45, 2.75) is 0 Å². The summed E-state index contributed by atoms with van der Waals surface area (Å²) in [6, 6.07) is 87.7. The number of benzene rings is 8. The molecule has 0 amide bonds. The molecule has 62 heavy (non-hydrogen) atoms. The third-order valence-electron chi connectivity index (χ3n) is 11.9. The minimum absolute atomic E-state index is 0.596. The summed E-state index contributed by atoms with van der Waals surface area (Å²) in [5, 5.41) is 10.3. The van der Waals surface area contributed by atoms with Crippen molar-refractivity contribution in [3.05, 3.63) is 255 Å². The summed E-state index contributed by atoms with van der Waals surface area (Å²) < 4.78 is 0. The molecule has 0 aliphatic heterocycles. The molecule has 0 atom stereocenters. The second kappa shape index (κ2) is 17.1. The van der Waals surface area contributed by atoms with Gasteiger partial charge in [-0.05, 0) is 53.6 Å². The zero-order chi connectivity index (χ0) is 41.6. The molecule has 0 bridgehead atoms. The van der Waals surface area contributed by atoms with Crippen LogP contribution in [0.2, 0.25) is 0 Å². The van der Waals surface area contributed by atoms with Gasteiger partial charge in [0.1, 0.15) is 0 Å². The van der Waals surface area contributed by atoms with Gasteiger partial charge in [-0.15, -0.1) is 0 Å². The third kappa shape index (κ3) is 7.01. The molecule has 2 heterocycles. The fraction of sp³-hybridized carbons (Fsp3) is 0. The summed E-state index contributed by atoms with van der Waals surface area (Å²) in [6.45, 7) is 0. The highest BCUT2D eigenvalue weighted by molar-refractivity contribution is 7.20. The summed E-state index contributed by atoms with van der Waals surface area (Å²) in [7, 11) is -5.64. The number of hydrogen-bond donors (Lipinski definition) is 0. The Hall–Kier alpha value is -7.65. The predicted octanol–water partition coefficient (Wildman–Crippen LogP) is 7.02. The Morgan fingerprint density at radius 2 is 0.484 bits per heavy atom. The highest BCUT2D eigenvalue weighted by atomic mass is 28.3. The predicted molar refractivity (Wildman–Crippen MR) is 261 cm³/mol. The molecule has 0 saturated carbocycles. The van der Waals surface area contributed by atoms with Crippen LogP contribution >= 0.6 is 0 Å². The molecule has 0 fully saturated rings. The van der Waals surface area contributed by atoms with Crippen LogP contribution in [0.15, 0.2) is 255 Å². The largest absolute Gasteiger partial charge is 0.265 e. The summed E-state index contributed by atoms with van der Waals surface area (Å²) >= 11 is 0. The van der Waals surface area contributed by atoms with Crippen LogP contribution < -0.4 is 41.5 Å². The second-order valence-corrected chi connectivity index (χ2v) is 23.0. The van der Waals surface area contributed by atoms with E-state index >= 15 is 0 Å². The van der Waals surface area contributed by atoms with E-state index in [1.54, 1.807) is 12.4 Å². The number of nitrogens with zero attached hydrogens (tertiary/aromatic N) is 4. The average molecular weight is 827 g/mol. The Labute approximate surface area is 365 Å². The fourth-order valence-electron chi connectivity index (χ4n) is 9.18. The summed E-state index contributed by atoms with van der Waals surface area (Å²) in [5.74, 6) is 1.83. The van der Waals surface area contributed by atoms with E-state index in [4.69, 9.17) is 15.0 Å². The molecule has 0 saturated heterocycles. The van der Waals surface area contributed by atoms with E-state index < -0.39 is 16.1 Å². The Bertz CT molecular complexity index is 2670. The monoisotopic (exact) mass is 826 g/mol. The van der Waals surface area contributed by atoms with Crippen LogP contribution in [-0.4, -0.2) is 36.1 Å². The number of rotatable bonds is 11. The zero-order valence-corrected chi connectivity index (χ0v) is 36.0. The van der Waals surface area contributed by atoms with Gasteiger partial charge in [-0.3, -0.25) is 4.98 Å². The maximum atomic E-state index is 5.38. The molecule has 0 spiro atoms. The van der Waals surface area contributed by atoms with Gasteiger partial charge in [-0.1, -0.05) is 231 Å². The van der Waals surface area contributed by atoms with Crippen LogP contribution in [0.5, 0.6) is 0 Å². The van der Waals surface area contributed by atoms with Crippen molar-refractivity contribution >= 4 is 57.6 Å². The van der Waals surface area contributed by atoms with Gasteiger partial charge in [0.15, 0.2) is 33.6 Å². The van der Waals surface area contributed by atoms with Gasteiger partial charge in [0.25, 0.3) is 0 Å². The van der Waals surface area contributed by atoms with Crippen LogP contribution in [0.3, 0.4) is 0 Å². The van der Waals surface area contributed by atoms with E-state index in [0.717, 1.165) is 16.7 Å². The molecule has 0 N–H and O–H groups in total. The molecular weight excluding hydrogens is 785 g/mol. The Morgan fingerprint density at radius 1 is 0.226 bits per heavy atom. The van der Waals surface area contributed by atoms with Crippen molar-refractivity contribution in [1.82, 2.24) is 19.9 Å². The molecule has 4 nitrogen and oxygen atoms in total. The molecule has 2 aromatic heterocycles. The minimum Gasteiger partial charge on any atom is -0.265 e.